The van der Waals surface area contributed by atoms with E-state index < -0.39 is 11.8 Å². The van der Waals surface area contributed by atoms with Crippen molar-refractivity contribution in [3.63, 3.8) is 0 Å². The number of carboxylic acids is 1. The molecule has 0 bridgehead atoms. The topological polar surface area (TPSA) is 115 Å². The van der Waals surface area contributed by atoms with Gasteiger partial charge in [0.05, 0.1) is 11.1 Å². The van der Waals surface area contributed by atoms with Crippen LogP contribution in [0.3, 0.4) is 0 Å². The van der Waals surface area contributed by atoms with E-state index in [0.29, 0.717) is 34.6 Å². The molecule has 9 heteroatoms. The number of nitrogens with zero attached hydrogens (tertiary/aromatic N) is 1. The van der Waals surface area contributed by atoms with Crippen molar-refractivity contribution in [1.82, 2.24) is 15.2 Å². The largest absolute Gasteiger partial charge is 0.481 e. The summed E-state index contributed by atoms with van der Waals surface area (Å²) in [5, 5.41) is 13.1. The number of halogens is 1. The second-order valence-corrected chi connectivity index (χ2v) is 7.67. The Balaban J connectivity index is 0.000000890. The van der Waals surface area contributed by atoms with Gasteiger partial charge in [-0.1, -0.05) is 13.8 Å². The number of rotatable bonds is 7. The standard InChI is InChI=1S/C22H27FN4O2.C2H4O2/c1-5-27(6-2)10-9-24-22(29)20-13(3)19(25-14(20)4)12-17-16-11-15(23)7-8-18(16)26-21(17)28;1-2(3)4/h7-8,11-12,25H,5-6,9-10H2,1-4H3,(H,24,29)(H,26,28);1H3,(H,3,4). The average molecular weight is 459 g/mol. The van der Waals surface area contributed by atoms with E-state index in [2.05, 4.69) is 34.4 Å². The average Bonchev–Trinajstić information content (AvgIpc) is 3.20. The molecule has 2 aromatic rings. The van der Waals surface area contributed by atoms with Crippen LogP contribution in [0.1, 0.15) is 53.6 Å². The highest BCUT2D eigenvalue weighted by Gasteiger charge is 2.26. The molecule has 1 aliphatic rings. The molecular formula is C24H31FN4O4. The highest BCUT2D eigenvalue weighted by molar-refractivity contribution is 6.34. The quantitative estimate of drug-likeness (QED) is 0.475. The highest BCUT2D eigenvalue weighted by Crippen LogP contribution is 2.34. The number of carbonyl (C=O) groups is 3. The minimum Gasteiger partial charge on any atom is -0.481 e. The summed E-state index contributed by atoms with van der Waals surface area (Å²) >= 11 is 0. The van der Waals surface area contributed by atoms with Gasteiger partial charge in [0.2, 0.25) is 0 Å². The van der Waals surface area contributed by atoms with Crippen LogP contribution in [0.2, 0.25) is 0 Å². The first kappa shape index (κ1) is 25.8. The second-order valence-electron chi connectivity index (χ2n) is 7.67. The maximum absolute atomic E-state index is 13.7. The Hall–Kier alpha value is -3.46. The molecule has 0 saturated heterocycles. The van der Waals surface area contributed by atoms with Crippen molar-refractivity contribution in [2.24, 2.45) is 0 Å². The number of aliphatic carboxylic acids is 1. The van der Waals surface area contributed by atoms with Crippen LogP contribution in [0.5, 0.6) is 0 Å². The molecule has 1 aromatic heterocycles. The van der Waals surface area contributed by atoms with Gasteiger partial charge in [-0.15, -0.1) is 0 Å². The van der Waals surface area contributed by atoms with E-state index in [1.807, 2.05) is 13.8 Å². The molecular weight excluding hydrogens is 427 g/mol. The first-order valence-electron chi connectivity index (χ1n) is 10.8. The van der Waals surface area contributed by atoms with Gasteiger partial charge >= 0.3 is 0 Å². The Labute approximate surface area is 192 Å². The van der Waals surface area contributed by atoms with Crippen LogP contribution in [0.15, 0.2) is 18.2 Å². The lowest BCUT2D eigenvalue weighted by Gasteiger charge is -2.18. The van der Waals surface area contributed by atoms with Gasteiger partial charge in [0.25, 0.3) is 17.8 Å². The number of carboxylic acid groups (broad SMARTS) is 1. The van der Waals surface area contributed by atoms with Gasteiger partial charge in [0, 0.05) is 42.7 Å². The van der Waals surface area contributed by atoms with E-state index in [1.165, 1.54) is 12.1 Å². The molecule has 0 aliphatic carbocycles. The van der Waals surface area contributed by atoms with Crippen molar-refractivity contribution in [2.45, 2.75) is 34.6 Å². The highest BCUT2D eigenvalue weighted by atomic mass is 19.1. The summed E-state index contributed by atoms with van der Waals surface area (Å²) < 4.78 is 13.7. The van der Waals surface area contributed by atoms with Gasteiger partial charge in [-0.2, -0.15) is 0 Å². The normalized spacial score (nSPS) is 13.4. The fourth-order valence-electron chi connectivity index (χ4n) is 3.66. The molecule has 0 fully saturated rings. The summed E-state index contributed by atoms with van der Waals surface area (Å²) in [6.07, 6.45) is 1.68. The Kier molecular flexibility index (Phi) is 8.93. The summed E-state index contributed by atoms with van der Waals surface area (Å²) in [6, 6.07) is 4.20. The number of anilines is 1. The molecule has 4 N–H and O–H groups in total. The maximum atomic E-state index is 13.7. The van der Waals surface area contributed by atoms with Crippen LogP contribution >= 0.6 is 0 Å². The first-order chi connectivity index (χ1) is 15.6. The van der Waals surface area contributed by atoms with Crippen molar-refractivity contribution in [1.29, 1.82) is 0 Å². The number of aromatic amines is 1. The van der Waals surface area contributed by atoms with E-state index >= 15 is 0 Å². The van der Waals surface area contributed by atoms with Crippen molar-refractivity contribution < 1.29 is 23.9 Å². The number of fused-ring (bicyclic) bond motifs is 1. The van der Waals surface area contributed by atoms with Gasteiger partial charge in [0.15, 0.2) is 0 Å². The summed E-state index contributed by atoms with van der Waals surface area (Å²) in [5.41, 5.74) is 4.20. The number of hydrogen-bond donors (Lipinski definition) is 4. The van der Waals surface area contributed by atoms with Gasteiger partial charge in [0.1, 0.15) is 5.82 Å². The molecule has 0 saturated carbocycles. The third-order valence-corrected chi connectivity index (χ3v) is 5.36. The van der Waals surface area contributed by atoms with Crippen molar-refractivity contribution in [2.75, 3.05) is 31.5 Å². The molecule has 0 spiro atoms. The van der Waals surface area contributed by atoms with Crippen molar-refractivity contribution in [3.8, 4) is 0 Å². The lowest BCUT2D eigenvalue weighted by atomic mass is 10.0. The number of amides is 2. The molecule has 0 radical (unpaired) electrons. The SMILES string of the molecule is CC(=O)O.CCN(CC)CCNC(=O)c1c(C)[nH]c(C=C2C(=O)Nc3ccc(F)cc32)c1C. The molecule has 8 nitrogen and oxygen atoms in total. The zero-order chi connectivity index (χ0) is 24.7. The first-order valence-corrected chi connectivity index (χ1v) is 10.8. The third-order valence-electron chi connectivity index (χ3n) is 5.36. The van der Waals surface area contributed by atoms with Crippen LogP contribution < -0.4 is 10.6 Å². The van der Waals surface area contributed by atoms with Gasteiger partial charge < -0.3 is 25.6 Å². The van der Waals surface area contributed by atoms with E-state index in [1.54, 1.807) is 12.1 Å². The van der Waals surface area contributed by atoms with Crippen molar-refractivity contribution >= 4 is 35.1 Å². The number of nitrogens with one attached hydrogen (secondary N) is 3. The van der Waals surface area contributed by atoms with Crippen LogP contribution in [0.25, 0.3) is 11.6 Å². The fraction of sp³-hybridized carbons (Fsp3) is 0.375. The molecule has 1 aliphatic heterocycles. The molecule has 2 amide bonds. The minimum atomic E-state index is -0.833. The zero-order valence-corrected chi connectivity index (χ0v) is 19.6. The molecule has 0 unspecified atom stereocenters. The molecule has 178 valence electrons. The van der Waals surface area contributed by atoms with Gasteiger partial charge in [-0.25, -0.2) is 4.39 Å². The number of benzene rings is 1. The minimum absolute atomic E-state index is 0.143. The monoisotopic (exact) mass is 458 g/mol. The Bertz CT molecular complexity index is 1070. The summed E-state index contributed by atoms with van der Waals surface area (Å²) in [7, 11) is 0. The lowest BCUT2D eigenvalue weighted by Crippen LogP contribution is -2.35. The van der Waals surface area contributed by atoms with E-state index in [-0.39, 0.29) is 11.8 Å². The lowest BCUT2D eigenvalue weighted by molar-refractivity contribution is -0.134. The van der Waals surface area contributed by atoms with Crippen LogP contribution in [-0.2, 0) is 9.59 Å². The van der Waals surface area contributed by atoms with E-state index in [0.717, 1.165) is 37.8 Å². The van der Waals surface area contributed by atoms with E-state index in [9.17, 15) is 14.0 Å². The van der Waals surface area contributed by atoms with Crippen LogP contribution in [0.4, 0.5) is 10.1 Å². The zero-order valence-electron chi connectivity index (χ0n) is 19.6. The fourth-order valence-corrected chi connectivity index (χ4v) is 3.66. The molecule has 3 rings (SSSR count). The molecule has 0 atom stereocenters. The van der Waals surface area contributed by atoms with E-state index in [4.69, 9.17) is 9.90 Å². The predicted molar refractivity (Wildman–Crippen MR) is 127 cm³/mol. The van der Waals surface area contributed by atoms with Crippen LogP contribution in [0, 0.1) is 19.7 Å². The number of H-pyrrole nitrogens is 1. The number of carbonyl (C=O) groups excluding carboxylic acids is 2. The number of hydrogen-bond acceptors (Lipinski definition) is 4. The Morgan fingerprint density at radius 2 is 1.85 bits per heavy atom. The van der Waals surface area contributed by atoms with Gasteiger partial charge in [-0.3, -0.25) is 14.4 Å². The Morgan fingerprint density at radius 3 is 2.45 bits per heavy atom. The third kappa shape index (κ3) is 6.52. The molecule has 2 heterocycles. The molecule has 33 heavy (non-hydrogen) atoms. The number of aryl methyl sites for hydroxylation is 1. The predicted octanol–water partition coefficient (Wildman–Crippen LogP) is 3.43. The van der Waals surface area contributed by atoms with Gasteiger partial charge in [-0.05, 0) is 56.8 Å². The summed E-state index contributed by atoms with van der Waals surface area (Å²) in [4.78, 5) is 39.5. The smallest absolute Gasteiger partial charge is 0.300 e. The number of likely N-dealkylation sites (N-methyl/N-ethyl adjacent to an activating group) is 1. The summed E-state index contributed by atoms with van der Waals surface area (Å²) in [6.45, 7) is 12.2. The number of aromatic nitrogens is 1. The summed E-state index contributed by atoms with van der Waals surface area (Å²) in [5.74, 6) is -1.67. The Morgan fingerprint density at radius 1 is 1.21 bits per heavy atom. The second kappa shape index (κ2) is 11.4. The van der Waals surface area contributed by atoms with Crippen LogP contribution in [-0.4, -0.2) is 59.0 Å². The maximum Gasteiger partial charge on any atom is 0.300 e. The molecule has 1 aromatic carbocycles. The van der Waals surface area contributed by atoms with Crippen molar-refractivity contribution in [3.05, 3.63) is 52.1 Å².